The lowest BCUT2D eigenvalue weighted by Crippen LogP contribution is -2.42. The second-order valence-corrected chi connectivity index (χ2v) is 4.52. The maximum absolute atomic E-state index is 9.92. The van der Waals surface area contributed by atoms with Gasteiger partial charge in [-0.1, -0.05) is 6.07 Å². The van der Waals surface area contributed by atoms with Crippen LogP contribution in [0.2, 0.25) is 0 Å². The van der Waals surface area contributed by atoms with E-state index in [1.807, 2.05) is 0 Å². The first kappa shape index (κ1) is 13.8. The van der Waals surface area contributed by atoms with Gasteiger partial charge in [0.15, 0.2) is 0 Å². The van der Waals surface area contributed by atoms with Crippen LogP contribution in [0.3, 0.4) is 0 Å². The summed E-state index contributed by atoms with van der Waals surface area (Å²) >= 11 is 0. The third-order valence-electron chi connectivity index (χ3n) is 2.98. The van der Waals surface area contributed by atoms with Crippen LogP contribution < -0.4 is 4.74 Å². The van der Waals surface area contributed by atoms with Gasteiger partial charge in [-0.2, -0.15) is 5.26 Å². The summed E-state index contributed by atoms with van der Waals surface area (Å²) in [5, 5.41) is 18.7. The van der Waals surface area contributed by atoms with Crippen LogP contribution in [-0.2, 0) is 4.74 Å². The molecule has 1 fully saturated rings. The van der Waals surface area contributed by atoms with Crippen molar-refractivity contribution in [1.29, 1.82) is 5.26 Å². The van der Waals surface area contributed by atoms with Gasteiger partial charge in [-0.15, -0.1) is 0 Å². The highest BCUT2D eigenvalue weighted by Gasteiger charge is 2.15. The molecule has 0 amide bonds. The van der Waals surface area contributed by atoms with Crippen molar-refractivity contribution in [2.24, 2.45) is 0 Å². The van der Waals surface area contributed by atoms with E-state index < -0.39 is 6.10 Å². The fourth-order valence-electron chi connectivity index (χ4n) is 1.98. The summed E-state index contributed by atoms with van der Waals surface area (Å²) in [6, 6.07) is 8.99. The van der Waals surface area contributed by atoms with Crippen molar-refractivity contribution < 1.29 is 14.6 Å². The molecular formula is C14H18N2O3. The lowest BCUT2D eigenvalue weighted by molar-refractivity contribution is 0.00465. The molecule has 1 aromatic rings. The van der Waals surface area contributed by atoms with Crippen molar-refractivity contribution in [2.75, 3.05) is 39.5 Å². The highest BCUT2D eigenvalue weighted by atomic mass is 16.5. The van der Waals surface area contributed by atoms with Gasteiger partial charge in [0.05, 0.1) is 24.8 Å². The van der Waals surface area contributed by atoms with Gasteiger partial charge in [-0.25, -0.2) is 0 Å². The summed E-state index contributed by atoms with van der Waals surface area (Å²) in [5.74, 6) is 0.611. The smallest absolute Gasteiger partial charge is 0.120 e. The quantitative estimate of drug-likeness (QED) is 0.843. The molecule has 0 bridgehead atoms. The Kier molecular flexibility index (Phi) is 5.16. The summed E-state index contributed by atoms with van der Waals surface area (Å²) in [7, 11) is 0. The maximum Gasteiger partial charge on any atom is 0.120 e. The van der Waals surface area contributed by atoms with Crippen molar-refractivity contribution in [2.45, 2.75) is 6.10 Å². The van der Waals surface area contributed by atoms with E-state index in [1.165, 1.54) is 0 Å². The van der Waals surface area contributed by atoms with Crippen molar-refractivity contribution in [3.8, 4) is 11.8 Å². The van der Waals surface area contributed by atoms with E-state index in [4.69, 9.17) is 14.7 Å². The molecule has 19 heavy (non-hydrogen) atoms. The zero-order valence-electron chi connectivity index (χ0n) is 10.8. The summed E-state index contributed by atoms with van der Waals surface area (Å²) in [6.45, 7) is 3.95. The molecule has 1 heterocycles. The minimum Gasteiger partial charge on any atom is -0.491 e. The van der Waals surface area contributed by atoms with E-state index in [9.17, 15) is 5.11 Å². The molecule has 1 aromatic carbocycles. The maximum atomic E-state index is 9.92. The molecule has 1 aliphatic heterocycles. The topological polar surface area (TPSA) is 65.7 Å². The first-order valence-electron chi connectivity index (χ1n) is 6.39. The summed E-state index contributed by atoms with van der Waals surface area (Å²) in [4.78, 5) is 2.16. The number of hydrogen-bond acceptors (Lipinski definition) is 5. The Bertz CT molecular complexity index is 439. The van der Waals surface area contributed by atoms with Gasteiger partial charge in [-0.05, 0) is 18.2 Å². The molecule has 1 N–H and O–H groups in total. The predicted molar refractivity (Wildman–Crippen MR) is 69.9 cm³/mol. The van der Waals surface area contributed by atoms with Crippen LogP contribution in [0.25, 0.3) is 0 Å². The number of aliphatic hydroxyl groups is 1. The third kappa shape index (κ3) is 4.52. The molecule has 0 spiro atoms. The summed E-state index contributed by atoms with van der Waals surface area (Å²) < 4.78 is 10.7. The molecule has 1 unspecified atom stereocenters. The Hall–Kier alpha value is -1.61. The molecule has 0 radical (unpaired) electrons. The average Bonchev–Trinajstić information content (AvgIpc) is 2.46. The molecular weight excluding hydrogens is 244 g/mol. The Morgan fingerprint density at radius 1 is 1.42 bits per heavy atom. The lowest BCUT2D eigenvalue weighted by Gasteiger charge is -2.28. The molecule has 2 rings (SSSR count). The number of nitrogens with zero attached hydrogens (tertiary/aromatic N) is 2. The van der Waals surface area contributed by atoms with E-state index >= 15 is 0 Å². The first-order valence-corrected chi connectivity index (χ1v) is 6.39. The minimum absolute atomic E-state index is 0.228. The molecule has 1 atom stereocenters. The standard InChI is InChI=1S/C14H18N2O3/c15-9-12-2-1-3-14(8-12)19-11-13(17)10-16-4-6-18-7-5-16/h1-3,8,13,17H,4-7,10-11H2. The van der Waals surface area contributed by atoms with Crippen LogP contribution in [0, 0.1) is 11.3 Å². The number of ether oxygens (including phenoxy) is 2. The Labute approximate surface area is 113 Å². The molecule has 0 aliphatic carbocycles. The molecule has 1 saturated heterocycles. The first-order chi connectivity index (χ1) is 9.28. The van der Waals surface area contributed by atoms with Crippen LogP contribution in [0.1, 0.15) is 5.56 Å². The fraction of sp³-hybridized carbons (Fsp3) is 0.500. The molecule has 1 aliphatic rings. The van der Waals surface area contributed by atoms with Gasteiger partial charge >= 0.3 is 0 Å². The van der Waals surface area contributed by atoms with Crippen LogP contribution in [0.4, 0.5) is 0 Å². The zero-order chi connectivity index (χ0) is 13.5. The van der Waals surface area contributed by atoms with E-state index in [0.29, 0.717) is 17.9 Å². The van der Waals surface area contributed by atoms with Crippen LogP contribution in [-0.4, -0.2) is 55.6 Å². The second kappa shape index (κ2) is 7.10. The Balaban J connectivity index is 1.76. The highest BCUT2D eigenvalue weighted by molar-refractivity contribution is 5.36. The van der Waals surface area contributed by atoms with Gasteiger partial charge in [-0.3, -0.25) is 4.90 Å². The molecule has 5 nitrogen and oxygen atoms in total. The van der Waals surface area contributed by atoms with E-state index in [-0.39, 0.29) is 6.61 Å². The second-order valence-electron chi connectivity index (χ2n) is 4.52. The Morgan fingerprint density at radius 2 is 2.21 bits per heavy atom. The van der Waals surface area contributed by atoms with Gasteiger partial charge in [0.1, 0.15) is 18.5 Å². The number of hydrogen-bond donors (Lipinski definition) is 1. The number of morpholine rings is 1. The molecule has 0 aromatic heterocycles. The largest absolute Gasteiger partial charge is 0.491 e. The zero-order valence-corrected chi connectivity index (χ0v) is 10.8. The van der Waals surface area contributed by atoms with Gasteiger partial charge in [0.25, 0.3) is 0 Å². The van der Waals surface area contributed by atoms with Crippen molar-refractivity contribution in [1.82, 2.24) is 4.90 Å². The van der Waals surface area contributed by atoms with E-state index in [1.54, 1.807) is 24.3 Å². The average molecular weight is 262 g/mol. The molecule has 0 saturated carbocycles. The number of nitriles is 1. The summed E-state index contributed by atoms with van der Waals surface area (Å²) in [5.41, 5.74) is 0.556. The fourth-order valence-corrected chi connectivity index (χ4v) is 1.98. The van der Waals surface area contributed by atoms with Gasteiger partial charge in [0.2, 0.25) is 0 Å². The monoisotopic (exact) mass is 262 g/mol. The third-order valence-corrected chi connectivity index (χ3v) is 2.98. The number of benzene rings is 1. The van der Waals surface area contributed by atoms with Crippen LogP contribution in [0.15, 0.2) is 24.3 Å². The van der Waals surface area contributed by atoms with Gasteiger partial charge < -0.3 is 14.6 Å². The van der Waals surface area contributed by atoms with Crippen molar-refractivity contribution in [3.63, 3.8) is 0 Å². The van der Waals surface area contributed by atoms with Crippen LogP contribution >= 0.6 is 0 Å². The van der Waals surface area contributed by atoms with Gasteiger partial charge in [0, 0.05) is 19.6 Å². The van der Waals surface area contributed by atoms with Crippen LogP contribution in [0.5, 0.6) is 5.75 Å². The number of β-amino-alcohol motifs (C(OH)–C–C–N with tert-alkyl or cyclic N) is 1. The van der Waals surface area contributed by atoms with E-state index in [0.717, 1.165) is 26.3 Å². The lowest BCUT2D eigenvalue weighted by atomic mass is 10.2. The van der Waals surface area contributed by atoms with Crippen molar-refractivity contribution >= 4 is 0 Å². The number of aliphatic hydroxyl groups excluding tert-OH is 1. The highest BCUT2D eigenvalue weighted by Crippen LogP contribution is 2.13. The normalized spacial score (nSPS) is 17.7. The predicted octanol–water partition coefficient (Wildman–Crippen LogP) is 0.630. The van der Waals surface area contributed by atoms with Crippen molar-refractivity contribution in [3.05, 3.63) is 29.8 Å². The molecule has 5 heteroatoms. The molecule has 102 valence electrons. The number of rotatable bonds is 5. The SMILES string of the molecule is N#Cc1cccc(OCC(O)CN2CCOCC2)c1. The summed E-state index contributed by atoms with van der Waals surface area (Å²) in [6.07, 6.45) is -0.538. The Morgan fingerprint density at radius 3 is 2.95 bits per heavy atom. The minimum atomic E-state index is -0.538. The van der Waals surface area contributed by atoms with E-state index in [2.05, 4.69) is 11.0 Å².